The molecule has 0 aliphatic heterocycles. The average Bonchev–Trinajstić information content (AvgIpc) is 2.26. The zero-order valence-electron chi connectivity index (χ0n) is 8.77. The summed E-state index contributed by atoms with van der Waals surface area (Å²) in [6, 6.07) is 0. The van der Waals surface area contributed by atoms with E-state index in [4.69, 9.17) is 14.6 Å². The molecular formula is C9H12N2O4. The van der Waals surface area contributed by atoms with Crippen molar-refractivity contribution in [2.45, 2.75) is 13.3 Å². The molecule has 0 spiro atoms. The largest absolute Gasteiger partial charge is 0.480 e. The summed E-state index contributed by atoms with van der Waals surface area (Å²) in [7, 11) is 2.71. The van der Waals surface area contributed by atoms with Crippen molar-refractivity contribution in [3.63, 3.8) is 0 Å². The maximum atomic E-state index is 10.9. The van der Waals surface area contributed by atoms with Crippen LogP contribution in [-0.4, -0.2) is 35.3 Å². The van der Waals surface area contributed by atoms with Gasteiger partial charge in [0.25, 0.3) is 0 Å². The smallest absolute Gasteiger partial charge is 0.346 e. The van der Waals surface area contributed by atoms with Crippen molar-refractivity contribution in [3.8, 4) is 11.8 Å². The molecular weight excluding hydrogens is 200 g/mol. The summed E-state index contributed by atoms with van der Waals surface area (Å²) >= 11 is 0. The van der Waals surface area contributed by atoms with Gasteiger partial charge in [0.1, 0.15) is 5.82 Å². The molecule has 1 N–H and O–H groups in total. The second-order valence-electron chi connectivity index (χ2n) is 2.69. The van der Waals surface area contributed by atoms with Crippen molar-refractivity contribution in [2.24, 2.45) is 0 Å². The van der Waals surface area contributed by atoms with Crippen LogP contribution < -0.4 is 9.47 Å². The molecule has 0 aromatic carbocycles. The average molecular weight is 212 g/mol. The van der Waals surface area contributed by atoms with E-state index in [0.29, 0.717) is 12.2 Å². The Balaban J connectivity index is 3.39. The first-order valence-electron chi connectivity index (χ1n) is 4.36. The SMILES string of the molecule is CCc1nc(OC)c(C(=O)O)c(OC)n1. The van der Waals surface area contributed by atoms with Crippen LogP contribution in [0.4, 0.5) is 0 Å². The minimum atomic E-state index is -1.17. The van der Waals surface area contributed by atoms with E-state index >= 15 is 0 Å². The molecule has 82 valence electrons. The molecule has 0 bridgehead atoms. The van der Waals surface area contributed by atoms with Gasteiger partial charge in [0.05, 0.1) is 14.2 Å². The number of carbonyl (C=O) groups is 1. The van der Waals surface area contributed by atoms with Gasteiger partial charge in [0.15, 0.2) is 5.56 Å². The quantitative estimate of drug-likeness (QED) is 0.793. The molecule has 1 rings (SSSR count). The van der Waals surface area contributed by atoms with Crippen molar-refractivity contribution in [1.29, 1.82) is 0 Å². The standard InChI is InChI=1S/C9H12N2O4/c1-4-5-10-7(14-2)6(9(12)13)8(11-5)15-3/h4H2,1-3H3,(H,12,13). The fraction of sp³-hybridized carbons (Fsp3) is 0.444. The molecule has 0 aliphatic rings. The van der Waals surface area contributed by atoms with Gasteiger partial charge in [-0.2, -0.15) is 9.97 Å². The Kier molecular flexibility index (Phi) is 3.43. The third kappa shape index (κ3) is 2.15. The van der Waals surface area contributed by atoms with E-state index in [1.807, 2.05) is 6.92 Å². The number of carboxylic acid groups (broad SMARTS) is 1. The van der Waals surface area contributed by atoms with E-state index in [0.717, 1.165) is 0 Å². The van der Waals surface area contributed by atoms with Crippen LogP contribution in [0.25, 0.3) is 0 Å². The van der Waals surface area contributed by atoms with E-state index in [-0.39, 0.29) is 17.3 Å². The second kappa shape index (κ2) is 4.59. The Bertz CT molecular complexity index is 353. The molecule has 1 aromatic heterocycles. The van der Waals surface area contributed by atoms with E-state index in [2.05, 4.69) is 9.97 Å². The van der Waals surface area contributed by atoms with Crippen molar-refractivity contribution >= 4 is 5.97 Å². The number of nitrogens with zero attached hydrogens (tertiary/aromatic N) is 2. The highest BCUT2D eigenvalue weighted by Crippen LogP contribution is 2.24. The monoisotopic (exact) mass is 212 g/mol. The van der Waals surface area contributed by atoms with Gasteiger partial charge in [-0.15, -0.1) is 0 Å². The van der Waals surface area contributed by atoms with E-state index in [1.54, 1.807) is 0 Å². The zero-order chi connectivity index (χ0) is 11.4. The van der Waals surface area contributed by atoms with Gasteiger partial charge in [0, 0.05) is 6.42 Å². The first-order valence-corrected chi connectivity index (χ1v) is 4.36. The number of aryl methyl sites for hydroxylation is 1. The highest BCUT2D eigenvalue weighted by molar-refractivity contribution is 5.92. The highest BCUT2D eigenvalue weighted by atomic mass is 16.5. The van der Waals surface area contributed by atoms with Gasteiger partial charge in [-0.1, -0.05) is 6.92 Å². The number of carboxylic acids is 1. The Labute approximate surface area is 86.9 Å². The fourth-order valence-corrected chi connectivity index (χ4v) is 1.10. The molecule has 6 nitrogen and oxygen atoms in total. The summed E-state index contributed by atoms with van der Waals surface area (Å²) in [5, 5.41) is 8.93. The molecule has 0 amide bonds. The number of aromatic carboxylic acids is 1. The van der Waals surface area contributed by atoms with Crippen LogP contribution in [0.5, 0.6) is 11.8 Å². The molecule has 0 aliphatic carbocycles. The fourth-order valence-electron chi connectivity index (χ4n) is 1.10. The topological polar surface area (TPSA) is 81.5 Å². The molecule has 15 heavy (non-hydrogen) atoms. The summed E-state index contributed by atoms with van der Waals surface area (Å²) < 4.78 is 9.76. The number of hydrogen-bond acceptors (Lipinski definition) is 5. The van der Waals surface area contributed by atoms with E-state index < -0.39 is 5.97 Å². The Morgan fingerprint density at radius 1 is 1.27 bits per heavy atom. The number of ether oxygens (including phenoxy) is 2. The van der Waals surface area contributed by atoms with Crippen LogP contribution in [0, 0.1) is 0 Å². The lowest BCUT2D eigenvalue weighted by Gasteiger charge is -2.09. The Morgan fingerprint density at radius 2 is 1.73 bits per heavy atom. The molecule has 0 radical (unpaired) electrons. The third-order valence-corrected chi connectivity index (χ3v) is 1.81. The van der Waals surface area contributed by atoms with Crippen LogP contribution in [0.2, 0.25) is 0 Å². The zero-order valence-corrected chi connectivity index (χ0v) is 8.77. The number of rotatable bonds is 4. The number of hydrogen-bond donors (Lipinski definition) is 1. The molecule has 1 heterocycles. The van der Waals surface area contributed by atoms with Crippen molar-refractivity contribution < 1.29 is 19.4 Å². The molecule has 6 heteroatoms. The first kappa shape index (κ1) is 11.2. The second-order valence-corrected chi connectivity index (χ2v) is 2.69. The normalized spacial score (nSPS) is 9.80. The van der Waals surface area contributed by atoms with Crippen molar-refractivity contribution in [2.75, 3.05) is 14.2 Å². The summed E-state index contributed by atoms with van der Waals surface area (Å²) in [5.41, 5.74) is -0.155. The van der Waals surface area contributed by atoms with Gasteiger partial charge in [-0.3, -0.25) is 0 Å². The summed E-state index contributed by atoms with van der Waals surface area (Å²) in [4.78, 5) is 18.8. The van der Waals surface area contributed by atoms with E-state index in [1.165, 1.54) is 14.2 Å². The van der Waals surface area contributed by atoms with Crippen LogP contribution in [0.15, 0.2) is 0 Å². The first-order chi connectivity index (χ1) is 7.13. The van der Waals surface area contributed by atoms with Gasteiger partial charge in [0.2, 0.25) is 11.8 Å². The van der Waals surface area contributed by atoms with Crippen LogP contribution in [-0.2, 0) is 6.42 Å². The van der Waals surface area contributed by atoms with Crippen LogP contribution in [0.3, 0.4) is 0 Å². The van der Waals surface area contributed by atoms with Gasteiger partial charge in [-0.25, -0.2) is 4.79 Å². The molecule has 0 saturated heterocycles. The van der Waals surface area contributed by atoms with Gasteiger partial charge in [-0.05, 0) is 0 Å². The molecule has 0 saturated carbocycles. The molecule has 0 fully saturated rings. The predicted octanol–water partition coefficient (Wildman–Crippen LogP) is 0.754. The van der Waals surface area contributed by atoms with Crippen molar-refractivity contribution in [1.82, 2.24) is 9.97 Å². The summed E-state index contributed by atoms with van der Waals surface area (Å²) in [6.45, 7) is 1.86. The predicted molar refractivity (Wildman–Crippen MR) is 51.5 cm³/mol. The van der Waals surface area contributed by atoms with Gasteiger partial charge < -0.3 is 14.6 Å². The molecule has 1 aromatic rings. The van der Waals surface area contributed by atoms with E-state index in [9.17, 15) is 4.79 Å². The maximum absolute atomic E-state index is 10.9. The van der Waals surface area contributed by atoms with Crippen molar-refractivity contribution in [3.05, 3.63) is 11.4 Å². The summed E-state index contributed by atoms with van der Waals surface area (Å²) in [5.74, 6) is -0.655. The summed E-state index contributed by atoms with van der Waals surface area (Å²) in [6.07, 6.45) is 0.576. The Hall–Kier alpha value is -1.85. The highest BCUT2D eigenvalue weighted by Gasteiger charge is 2.21. The minimum absolute atomic E-state index is 0.0196. The van der Waals surface area contributed by atoms with Crippen LogP contribution in [0.1, 0.15) is 23.1 Å². The lowest BCUT2D eigenvalue weighted by atomic mass is 10.3. The third-order valence-electron chi connectivity index (χ3n) is 1.81. The van der Waals surface area contributed by atoms with Crippen LogP contribution >= 0.6 is 0 Å². The minimum Gasteiger partial charge on any atom is -0.480 e. The molecule has 0 unspecified atom stereocenters. The lowest BCUT2D eigenvalue weighted by molar-refractivity contribution is 0.0687. The van der Waals surface area contributed by atoms with Gasteiger partial charge >= 0.3 is 5.97 Å². The Morgan fingerprint density at radius 3 is 2.00 bits per heavy atom. The number of methoxy groups -OCH3 is 2. The lowest BCUT2D eigenvalue weighted by Crippen LogP contribution is -2.09. The molecule has 0 atom stereocenters. The number of aromatic nitrogens is 2. The maximum Gasteiger partial charge on any atom is 0.346 e.